The normalized spacial score (nSPS) is 15.0. The first-order valence-electron chi connectivity index (χ1n) is 6.82. The van der Waals surface area contributed by atoms with Crippen molar-refractivity contribution in [2.45, 2.75) is 43.4 Å². The van der Waals surface area contributed by atoms with E-state index in [1.807, 2.05) is 13.8 Å². The fourth-order valence-corrected chi connectivity index (χ4v) is 2.72. The van der Waals surface area contributed by atoms with E-state index in [2.05, 4.69) is 10.3 Å². The van der Waals surface area contributed by atoms with Gasteiger partial charge < -0.3 is 10.4 Å². The number of pyridine rings is 1. The number of aliphatic hydroxyl groups excluding tert-OH is 1. The van der Waals surface area contributed by atoms with Crippen LogP contribution < -0.4 is 5.32 Å². The van der Waals surface area contributed by atoms with Crippen molar-refractivity contribution in [3.05, 3.63) is 23.9 Å². The summed E-state index contributed by atoms with van der Waals surface area (Å²) < 4.78 is 37.2. The predicted octanol–water partition coefficient (Wildman–Crippen LogP) is 3.33. The highest BCUT2D eigenvalue weighted by molar-refractivity contribution is 7.99. The highest BCUT2D eigenvalue weighted by Crippen LogP contribution is 2.29. The number of thioether (sulfide) groups is 1. The molecule has 0 aliphatic heterocycles. The van der Waals surface area contributed by atoms with Gasteiger partial charge in [-0.15, -0.1) is 11.8 Å². The first-order valence-corrected chi connectivity index (χ1v) is 7.81. The number of rotatable bonds is 8. The van der Waals surface area contributed by atoms with Crippen molar-refractivity contribution in [2.75, 3.05) is 18.9 Å². The molecule has 1 unspecified atom stereocenters. The van der Waals surface area contributed by atoms with Crippen molar-refractivity contribution in [3.63, 3.8) is 0 Å². The fourth-order valence-electron chi connectivity index (χ4n) is 1.66. The van der Waals surface area contributed by atoms with E-state index in [4.69, 9.17) is 0 Å². The maximum atomic E-state index is 12.4. The number of halogens is 3. The van der Waals surface area contributed by atoms with Crippen LogP contribution in [0.5, 0.6) is 0 Å². The number of aromatic nitrogens is 1. The molecule has 0 bridgehead atoms. The Labute approximate surface area is 127 Å². The Morgan fingerprint density at radius 1 is 1.33 bits per heavy atom. The largest absolute Gasteiger partial charge is 0.417 e. The second kappa shape index (κ2) is 8.00. The second-order valence-electron chi connectivity index (χ2n) is 5.13. The van der Waals surface area contributed by atoms with Crippen molar-refractivity contribution in [1.82, 2.24) is 10.3 Å². The van der Waals surface area contributed by atoms with Gasteiger partial charge in [-0.2, -0.15) is 13.2 Å². The van der Waals surface area contributed by atoms with Gasteiger partial charge in [0.1, 0.15) is 0 Å². The van der Waals surface area contributed by atoms with Crippen LogP contribution in [-0.2, 0) is 6.18 Å². The van der Waals surface area contributed by atoms with Crippen LogP contribution in [0.4, 0.5) is 13.2 Å². The SMILES string of the molecule is CCCNC(C)(CO)CCSc1ccc(C(F)(F)F)cn1. The van der Waals surface area contributed by atoms with E-state index in [9.17, 15) is 18.3 Å². The predicted molar refractivity (Wildman–Crippen MR) is 78.4 cm³/mol. The minimum atomic E-state index is -4.35. The minimum absolute atomic E-state index is 0.0218. The molecule has 0 radical (unpaired) electrons. The number of hydrogen-bond acceptors (Lipinski definition) is 4. The summed E-state index contributed by atoms with van der Waals surface area (Å²) in [5.74, 6) is 0.673. The summed E-state index contributed by atoms with van der Waals surface area (Å²) >= 11 is 1.39. The zero-order chi connectivity index (χ0) is 15.9. The van der Waals surface area contributed by atoms with Gasteiger partial charge in [0.05, 0.1) is 17.2 Å². The molecule has 0 aromatic carbocycles. The lowest BCUT2D eigenvalue weighted by molar-refractivity contribution is -0.137. The highest BCUT2D eigenvalue weighted by atomic mass is 32.2. The van der Waals surface area contributed by atoms with E-state index >= 15 is 0 Å². The molecule has 0 amide bonds. The molecule has 0 saturated heterocycles. The Morgan fingerprint density at radius 3 is 2.52 bits per heavy atom. The van der Waals surface area contributed by atoms with Crippen LogP contribution in [0.15, 0.2) is 23.4 Å². The monoisotopic (exact) mass is 322 g/mol. The van der Waals surface area contributed by atoms with Crippen LogP contribution in [0.3, 0.4) is 0 Å². The summed E-state index contributed by atoms with van der Waals surface area (Å²) in [6.07, 6.45) is -1.82. The molecule has 1 atom stereocenters. The molecule has 0 aliphatic carbocycles. The standard InChI is InChI=1S/C14H21F3N2OS/c1-3-7-19-13(2,10-20)6-8-21-12-5-4-11(9-18-12)14(15,16)17/h4-5,9,19-20H,3,6-8,10H2,1-2H3. The molecule has 1 heterocycles. The number of alkyl halides is 3. The molecule has 2 N–H and O–H groups in total. The minimum Gasteiger partial charge on any atom is -0.394 e. The third-order valence-corrected chi connectivity index (χ3v) is 4.06. The third kappa shape index (κ3) is 6.23. The van der Waals surface area contributed by atoms with Gasteiger partial charge in [0.15, 0.2) is 0 Å². The molecule has 7 heteroatoms. The summed E-state index contributed by atoms with van der Waals surface area (Å²) in [6.45, 7) is 4.82. The summed E-state index contributed by atoms with van der Waals surface area (Å²) in [7, 11) is 0. The number of aliphatic hydroxyl groups is 1. The summed E-state index contributed by atoms with van der Waals surface area (Å²) in [4.78, 5) is 3.81. The van der Waals surface area contributed by atoms with Crippen molar-refractivity contribution in [3.8, 4) is 0 Å². The van der Waals surface area contributed by atoms with Gasteiger partial charge in [0.25, 0.3) is 0 Å². The topological polar surface area (TPSA) is 45.1 Å². The first-order chi connectivity index (χ1) is 9.80. The van der Waals surface area contributed by atoms with Crippen molar-refractivity contribution in [2.24, 2.45) is 0 Å². The van der Waals surface area contributed by atoms with E-state index in [1.54, 1.807) is 0 Å². The van der Waals surface area contributed by atoms with Crippen molar-refractivity contribution >= 4 is 11.8 Å². The van der Waals surface area contributed by atoms with Crippen LogP contribution in [0.2, 0.25) is 0 Å². The van der Waals surface area contributed by atoms with Crippen LogP contribution in [-0.4, -0.2) is 34.5 Å². The lowest BCUT2D eigenvalue weighted by Crippen LogP contribution is -2.46. The average molecular weight is 322 g/mol. The molecule has 0 spiro atoms. The molecule has 0 saturated carbocycles. The van der Waals surface area contributed by atoms with Gasteiger partial charge in [-0.25, -0.2) is 4.98 Å². The maximum Gasteiger partial charge on any atom is 0.417 e. The van der Waals surface area contributed by atoms with Gasteiger partial charge in [-0.3, -0.25) is 0 Å². The number of nitrogens with zero attached hydrogens (tertiary/aromatic N) is 1. The van der Waals surface area contributed by atoms with Crippen LogP contribution >= 0.6 is 11.8 Å². The number of nitrogens with one attached hydrogen (secondary N) is 1. The second-order valence-corrected chi connectivity index (χ2v) is 6.24. The van der Waals surface area contributed by atoms with E-state index in [-0.39, 0.29) is 12.1 Å². The third-order valence-electron chi connectivity index (χ3n) is 3.12. The molecule has 21 heavy (non-hydrogen) atoms. The zero-order valence-corrected chi connectivity index (χ0v) is 13.0. The quantitative estimate of drug-likeness (QED) is 0.721. The Kier molecular flexibility index (Phi) is 6.96. The van der Waals surface area contributed by atoms with Crippen LogP contribution in [0, 0.1) is 0 Å². The van der Waals surface area contributed by atoms with Gasteiger partial charge in [-0.05, 0) is 38.4 Å². The van der Waals surface area contributed by atoms with Gasteiger partial charge in [0, 0.05) is 17.5 Å². The van der Waals surface area contributed by atoms with E-state index in [0.717, 1.165) is 25.2 Å². The molecular weight excluding hydrogens is 301 g/mol. The Hall–Kier alpha value is -0.790. The first kappa shape index (κ1) is 18.3. The van der Waals surface area contributed by atoms with Gasteiger partial charge >= 0.3 is 6.18 Å². The summed E-state index contributed by atoms with van der Waals surface area (Å²) in [5.41, 5.74) is -1.11. The smallest absolute Gasteiger partial charge is 0.394 e. The molecule has 0 aliphatic rings. The molecular formula is C14H21F3N2OS. The van der Waals surface area contributed by atoms with Gasteiger partial charge in [-0.1, -0.05) is 6.92 Å². The molecule has 1 rings (SSSR count). The zero-order valence-electron chi connectivity index (χ0n) is 12.2. The molecule has 120 valence electrons. The lowest BCUT2D eigenvalue weighted by Gasteiger charge is -2.28. The summed E-state index contributed by atoms with van der Waals surface area (Å²) in [6, 6.07) is 2.42. The summed E-state index contributed by atoms with van der Waals surface area (Å²) in [5, 5.41) is 13.3. The lowest BCUT2D eigenvalue weighted by atomic mass is 10.0. The van der Waals surface area contributed by atoms with E-state index < -0.39 is 11.7 Å². The molecule has 1 aromatic rings. The van der Waals surface area contributed by atoms with Crippen LogP contribution in [0.1, 0.15) is 32.3 Å². The Bertz CT molecular complexity index is 425. The van der Waals surface area contributed by atoms with E-state index in [1.165, 1.54) is 17.8 Å². The van der Waals surface area contributed by atoms with Crippen molar-refractivity contribution in [1.29, 1.82) is 0 Å². The molecule has 1 aromatic heterocycles. The van der Waals surface area contributed by atoms with Crippen molar-refractivity contribution < 1.29 is 18.3 Å². The maximum absolute atomic E-state index is 12.4. The van der Waals surface area contributed by atoms with Gasteiger partial charge in [0.2, 0.25) is 0 Å². The van der Waals surface area contributed by atoms with Crippen LogP contribution in [0.25, 0.3) is 0 Å². The van der Waals surface area contributed by atoms with E-state index in [0.29, 0.717) is 17.2 Å². The molecule has 0 fully saturated rings. The molecule has 3 nitrogen and oxygen atoms in total. The fraction of sp³-hybridized carbons (Fsp3) is 0.643. The average Bonchev–Trinajstić information content (AvgIpc) is 2.45. The number of hydrogen-bond donors (Lipinski definition) is 2. The highest BCUT2D eigenvalue weighted by Gasteiger charge is 2.30. The Morgan fingerprint density at radius 2 is 2.05 bits per heavy atom. The Balaban J connectivity index is 2.48.